The van der Waals surface area contributed by atoms with E-state index in [-0.39, 0.29) is 30.0 Å². The quantitative estimate of drug-likeness (QED) is 0.891. The van der Waals surface area contributed by atoms with Crippen molar-refractivity contribution in [3.63, 3.8) is 0 Å². The lowest BCUT2D eigenvalue weighted by molar-refractivity contribution is -0.121. The number of rotatable bonds is 4. The smallest absolute Gasteiger partial charge is 0.227 e. The molecule has 1 saturated heterocycles. The van der Waals surface area contributed by atoms with Gasteiger partial charge >= 0.3 is 0 Å². The summed E-state index contributed by atoms with van der Waals surface area (Å²) in [5.74, 6) is -0.0256. The van der Waals surface area contributed by atoms with Gasteiger partial charge in [0.05, 0.1) is 7.11 Å². The molecule has 1 unspecified atom stereocenters. The van der Waals surface area contributed by atoms with Crippen molar-refractivity contribution >= 4 is 24.0 Å². The van der Waals surface area contributed by atoms with Crippen LogP contribution in [0.3, 0.4) is 0 Å². The zero-order valence-corrected chi connectivity index (χ0v) is 11.7. The van der Waals surface area contributed by atoms with Crippen molar-refractivity contribution in [1.82, 2.24) is 5.32 Å². The summed E-state index contributed by atoms with van der Waals surface area (Å²) in [6.07, 6.45) is 0. The Morgan fingerprint density at radius 1 is 1.53 bits per heavy atom. The van der Waals surface area contributed by atoms with E-state index in [0.29, 0.717) is 11.6 Å². The van der Waals surface area contributed by atoms with Crippen LogP contribution < -0.4 is 15.4 Å². The second kappa shape index (κ2) is 6.73. The highest BCUT2D eigenvalue weighted by atomic mass is 35.5. The van der Waals surface area contributed by atoms with Gasteiger partial charge in [-0.2, -0.15) is 0 Å². The minimum Gasteiger partial charge on any atom is -0.494 e. The Balaban J connectivity index is 0.00000180. The Morgan fingerprint density at radius 2 is 2.21 bits per heavy atom. The van der Waals surface area contributed by atoms with Crippen LogP contribution in [0.5, 0.6) is 5.75 Å². The van der Waals surface area contributed by atoms with Crippen LogP contribution in [0.25, 0.3) is 0 Å². The minimum atomic E-state index is -0.438. The van der Waals surface area contributed by atoms with Gasteiger partial charge in [0.15, 0.2) is 11.6 Å². The van der Waals surface area contributed by atoms with Gasteiger partial charge in [0.1, 0.15) is 0 Å². The van der Waals surface area contributed by atoms with Crippen molar-refractivity contribution in [2.45, 2.75) is 6.92 Å². The van der Waals surface area contributed by atoms with Crippen molar-refractivity contribution in [1.29, 1.82) is 0 Å². The highest BCUT2D eigenvalue weighted by Gasteiger charge is 2.28. The number of amides is 1. The van der Waals surface area contributed by atoms with Gasteiger partial charge in [-0.1, -0.05) is 6.92 Å². The molecule has 0 spiro atoms. The van der Waals surface area contributed by atoms with Crippen LogP contribution in [0, 0.1) is 17.7 Å². The van der Waals surface area contributed by atoms with Gasteiger partial charge in [0, 0.05) is 17.7 Å². The maximum absolute atomic E-state index is 13.2. The second-order valence-corrected chi connectivity index (χ2v) is 4.55. The molecule has 1 aliphatic heterocycles. The monoisotopic (exact) mass is 288 g/mol. The summed E-state index contributed by atoms with van der Waals surface area (Å²) in [4.78, 5) is 12.0. The molecule has 1 fully saturated rings. The molecule has 0 aliphatic carbocycles. The number of methoxy groups -OCH3 is 1. The van der Waals surface area contributed by atoms with Crippen LogP contribution in [-0.2, 0) is 4.79 Å². The average molecular weight is 289 g/mol. The fourth-order valence-corrected chi connectivity index (χ4v) is 1.87. The SMILES string of the molecule is COc1cc(NC(=O)C(C)C2CNC2)ccc1F.Cl. The molecule has 19 heavy (non-hydrogen) atoms. The van der Waals surface area contributed by atoms with E-state index < -0.39 is 5.82 Å². The summed E-state index contributed by atoms with van der Waals surface area (Å²) in [5, 5.41) is 5.92. The second-order valence-electron chi connectivity index (χ2n) is 4.55. The third-order valence-corrected chi connectivity index (χ3v) is 3.35. The largest absolute Gasteiger partial charge is 0.494 e. The minimum absolute atomic E-state index is 0. The molecule has 0 radical (unpaired) electrons. The Hall–Kier alpha value is -1.33. The van der Waals surface area contributed by atoms with Gasteiger partial charge in [0.2, 0.25) is 5.91 Å². The summed E-state index contributed by atoms with van der Waals surface area (Å²) in [5.41, 5.74) is 0.553. The maximum Gasteiger partial charge on any atom is 0.227 e. The lowest BCUT2D eigenvalue weighted by atomic mass is 9.88. The maximum atomic E-state index is 13.2. The van der Waals surface area contributed by atoms with E-state index in [1.165, 1.54) is 25.3 Å². The van der Waals surface area contributed by atoms with Crippen LogP contribution in [0.15, 0.2) is 18.2 Å². The molecule has 4 nitrogen and oxygen atoms in total. The first-order chi connectivity index (χ1) is 8.61. The summed E-state index contributed by atoms with van der Waals surface area (Å²) in [7, 11) is 1.40. The standard InChI is InChI=1S/C13H17FN2O2.ClH/c1-8(9-6-15-7-9)13(17)16-10-3-4-11(14)12(5-10)18-2;/h3-5,8-9,15H,6-7H2,1-2H3,(H,16,17);1H. The molecule has 1 heterocycles. The Kier molecular flexibility index (Phi) is 5.57. The highest BCUT2D eigenvalue weighted by molar-refractivity contribution is 5.92. The number of ether oxygens (including phenoxy) is 1. The number of hydrogen-bond acceptors (Lipinski definition) is 3. The number of anilines is 1. The molecule has 2 N–H and O–H groups in total. The topological polar surface area (TPSA) is 50.4 Å². The number of benzene rings is 1. The Labute approximate surface area is 118 Å². The molecule has 6 heteroatoms. The molecule has 1 aromatic carbocycles. The fraction of sp³-hybridized carbons (Fsp3) is 0.462. The molecule has 1 aliphatic rings. The van der Waals surface area contributed by atoms with Crippen LogP contribution in [0.2, 0.25) is 0 Å². The van der Waals surface area contributed by atoms with E-state index in [9.17, 15) is 9.18 Å². The number of nitrogens with one attached hydrogen (secondary N) is 2. The van der Waals surface area contributed by atoms with Crippen molar-refractivity contribution in [2.24, 2.45) is 11.8 Å². The van der Waals surface area contributed by atoms with Crippen LogP contribution >= 0.6 is 12.4 Å². The molecule has 1 atom stereocenters. The normalized spacial score (nSPS) is 15.9. The third kappa shape index (κ3) is 3.58. The van der Waals surface area contributed by atoms with E-state index in [2.05, 4.69) is 10.6 Å². The molecule has 106 valence electrons. The number of carbonyl (C=O) groups is 1. The summed E-state index contributed by atoms with van der Waals surface area (Å²) in [6, 6.07) is 4.30. The lowest BCUT2D eigenvalue weighted by Gasteiger charge is -2.31. The first-order valence-corrected chi connectivity index (χ1v) is 5.97. The van der Waals surface area contributed by atoms with Crippen molar-refractivity contribution < 1.29 is 13.9 Å². The molecule has 2 rings (SSSR count). The van der Waals surface area contributed by atoms with Crippen LogP contribution in [0.1, 0.15) is 6.92 Å². The highest BCUT2D eigenvalue weighted by Crippen LogP contribution is 2.23. The van der Waals surface area contributed by atoms with Gasteiger partial charge in [-0.15, -0.1) is 12.4 Å². The fourth-order valence-electron chi connectivity index (χ4n) is 1.87. The third-order valence-electron chi connectivity index (χ3n) is 3.35. The van der Waals surface area contributed by atoms with Gasteiger partial charge in [-0.3, -0.25) is 4.79 Å². The van der Waals surface area contributed by atoms with Crippen molar-refractivity contribution in [3.8, 4) is 5.75 Å². The summed E-state index contributed by atoms with van der Waals surface area (Å²) in [6.45, 7) is 3.66. The number of carbonyl (C=O) groups excluding carboxylic acids is 1. The molecule has 1 amide bonds. The summed E-state index contributed by atoms with van der Waals surface area (Å²) >= 11 is 0. The van der Waals surface area contributed by atoms with E-state index in [1.54, 1.807) is 0 Å². The molecule has 0 saturated carbocycles. The number of halogens is 2. The van der Waals surface area contributed by atoms with Gasteiger partial charge in [-0.05, 0) is 31.1 Å². The van der Waals surface area contributed by atoms with E-state index >= 15 is 0 Å². The number of hydrogen-bond donors (Lipinski definition) is 2. The Morgan fingerprint density at radius 3 is 2.74 bits per heavy atom. The molecule has 0 aromatic heterocycles. The molecular formula is C13H18ClFN2O2. The van der Waals surface area contributed by atoms with Crippen molar-refractivity contribution in [3.05, 3.63) is 24.0 Å². The predicted molar refractivity (Wildman–Crippen MR) is 74.4 cm³/mol. The van der Waals surface area contributed by atoms with Crippen molar-refractivity contribution in [2.75, 3.05) is 25.5 Å². The van der Waals surface area contributed by atoms with E-state index in [0.717, 1.165) is 13.1 Å². The van der Waals surface area contributed by atoms with Gasteiger partial charge < -0.3 is 15.4 Å². The van der Waals surface area contributed by atoms with E-state index in [1.807, 2.05) is 6.92 Å². The van der Waals surface area contributed by atoms with Crippen LogP contribution in [-0.4, -0.2) is 26.1 Å². The van der Waals surface area contributed by atoms with Gasteiger partial charge in [-0.25, -0.2) is 4.39 Å². The first kappa shape index (κ1) is 15.7. The Bertz CT molecular complexity index is 452. The molecule has 0 bridgehead atoms. The van der Waals surface area contributed by atoms with E-state index in [4.69, 9.17) is 4.74 Å². The van der Waals surface area contributed by atoms with Crippen LogP contribution in [0.4, 0.5) is 10.1 Å². The lowest BCUT2D eigenvalue weighted by Crippen LogP contribution is -2.48. The predicted octanol–water partition coefficient (Wildman–Crippen LogP) is 2.05. The molecular weight excluding hydrogens is 271 g/mol. The zero-order chi connectivity index (χ0) is 13.1. The zero-order valence-electron chi connectivity index (χ0n) is 10.9. The summed E-state index contributed by atoms with van der Waals surface area (Å²) < 4.78 is 18.1. The average Bonchev–Trinajstić information content (AvgIpc) is 2.29. The molecule has 1 aromatic rings. The first-order valence-electron chi connectivity index (χ1n) is 5.97. The van der Waals surface area contributed by atoms with Gasteiger partial charge in [0.25, 0.3) is 0 Å².